The highest BCUT2D eigenvalue weighted by Gasteiger charge is 2.22. The van der Waals surface area contributed by atoms with Crippen LogP contribution in [0.3, 0.4) is 0 Å². The van der Waals surface area contributed by atoms with E-state index in [1.807, 2.05) is 6.07 Å². The van der Waals surface area contributed by atoms with Gasteiger partial charge in [-0.15, -0.1) is 0 Å². The molecule has 1 aromatic carbocycles. The van der Waals surface area contributed by atoms with Crippen LogP contribution in [0.1, 0.15) is 18.6 Å². The van der Waals surface area contributed by atoms with Crippen molar-refractivity contribution in [1.29, 1.82) is 5.26 Å². The van der Waals surface area contributed by atoms with Crippen molar-refractivity contribution in [3.8, 4) is 17.4 Å². The van der Waals surface area contributed by atoms with Gasteiger partial charge >= 0.3 is 0 Å². The van der Waals surface area contributed by atoms with E-state index in [0.717, 1.165) is 12.8 Å². The van der Waals surface area contributed by atoms with Crippen LogP contribution in [0.15, 0.2) is 40.3 Å². The molecule has 0 N–H and O–H groups in total. The molecule has 0 unspecified atom stereocenters. The Labute approximate surface area is 149 Å². The van der Waals surface area contributed by atoms with Gasteiger partial charge < -0.3 is 9.32 Å². The Morgan fingerprint density at radius 2 is 1.96 bits per heavy atom. The molecule has 1 fully saturated rings. The van der Waals surface area contributed by atoms with Crippen molar-refractivity contribution in [2.75, 3.05) is 13.1 Å². The monoisotopic (exact) mass is 360 g/mol. The van der Waals surface area contributed by atoms with Gasteiger partial charge in [-0.05, 0) is 37.1 Å². The Hall–Kier alpha value is -2.22. The number of amides is 1. The molecule has 2 aromatic rings. The van der Waals surface area contributed by atoms with Gasteiger partial charge in [-0.25, -0.2) is 0 Å². The maximum atomic E-state index is 12.3. The third-order valence-corrected chi connectivity index (χ3v) is 4.69. The van der Waals surface area contributed by atoms with Gasteiger partial charge in [0.25, 0.3) is 5.91 Å². The van der Waals surface area contributed by atoms with Crippen LogP contribution in [0.5, 0.6) is 0 Å². The number of halogens is 2. The zero-order chi connectivity index (χ0) is 17.1. The normalized spacial score (nSPS) is 14.7. The molecular weight excluding hydrogens is 347 g/mol. The molecule has 0 bridgehead atoms. The standard InChI is InChI=1S/C18H14Cl2N2O2/c19-15-5-3-4-14(17(15)20)16-7-6-13(24-16)10-12(11-21)18(23)22-8-1-2-9-22/h3-7,10H,1-2,8-9H2. The molecule has 0 saturated carbocycles. The van der Waals surface area contributed by atoms with Crippen molar-refractivity contribution in [1.82, 2.24) is 4.90 Å². The van der Waals surface area contributed by atoms with Crippen LogP contribution in [0.25, 0.3) is 17.4 Å². The van der Waals surface area contributed by atoms with Gasteiger partial charge in [0.1, 0.15) is 23.2 Å². The van der Waals surface area contributed by atoms with Crippen molar-refractivity contribution < 1.29 is 9.21 Å². The first-order valence-corrected chi connectivity index (χ1v) is 8.31. The fourth-order valence-corrected chi connectivity index (χ4v) is 3.04. The fourth-order valence-electron chi connectivity index (χ4n) is 2.64. The summed E-state index contributed by atoms with van der Waals surface area (Å²) in [4.78, 5) is 14.0. The fraction of sp³-hybridized carbons (Fsp3) is 0.222. The van der Waals surface area contributed by atoms with Gasteiger partial charge in [0.2, 0.25) is 0 Å². The predicted octanol–water partition coefficient (Wildman–Crippen LogP) is 4.78. The van der Waals surface area contributed by atoms with Crippen LogP contribution in [0, 0.1) is 11.3 Å². The number of rotatable bonds is 3. The van der Waals surface area contributed by atoms with E-state index in [0.29, 0.717) is 40.2 Å². The first kappa shape index (κ1) is 16.6. The van der Waals surface area contributed by atoms with E-state index in [4.69, 9.17) is 27.6 Å². The molecule has 3 rings (SSSR count). The minimum Gasteiger partial charge on any atom is -0.457 e. The van der Waals surface area contributed by atoms with Crippen LogP contribution < -0.4 is 0 Å². The lowest BCUT2D eigenvalue weighted by Crippen LogP contribution is -2.28. The van der Waals surface area contributed by atoms with Crippen molar-refractivity contribution in [3.63, 3.8) is 0 Å². The second kappa shape index (κ2) is 7.12. The third kappa shape index (κ3) is 3.33. The summed E-state index contributed by atoms with van der Waals surface area (Å²) in [6, 6.07) is 10.7. The molecule has 1 aliphatic heterocycles. The second-order valence-electron chi connectivity index (χ2n) is 5.47. The van der Waals surface area contributed by atoms with E-state index in [2.05, 4.69) is 0 Å². The Balaban J connectivity index is 1.88. The highest BCUT2D eigenvalue weighted by Crippen LogP contribution is 2.34. The Morgan fingerprint density at radius 1 is 1.21 bits per heavy atom. The summed E-state index contributed by atoms with van der Waals surface area (Å²) in [5.74, 6) is 0.693. The lowest BCUT2D eigenvalue weighted by atomic mass is 10.2. The van der Waals surface area contributed by atoms with Gasteiger partial charge in [-0.3, -0.25) is 4.79 Å². The van der Waals surface area contributed by atoms with E-state index in [9.17, 15) is 10.1 Å². The van der Waals surface area contributed by atoms with Crippen molar-refractivity contribution >= 4 is 35.2 Å². The number of furan rings is 1. The number of nitriles is 1. The summed E-state index contributed by atoms with van der Waals surface area (Å²) in [7, 11) is 0. The van der Waals surface area contributed by atoms with Crippen molar-refractivity contribution in [3.05, 3.63) is 51.7 Å². The summed E-state index contributed by atoms with van der Waals surface area (Å²) in [6.45, 7) is 1.39. The summed E-state index contributed by atoms with van der Waals surface area (Å²) < 4.78 is 5.71. The van der Waals surface area contributed by atoms with Crippen molar-refractivity contribution in [2.45, 2.75) is 12.8 Å². The van der Waals surface area contributed by atoms with Gasteiger partial charge in [0.05, 0.1) is 10.0 Å². The molecule has 0 radical (unpaired) electrons. The molecule has 1 saturated heterocycles. The largest absolute Gasteiger partial charge is 0.457 e. The maximum absolute atomic E-state index is 12.3. The Kier molecular flexibility index (Phi) is 4.94. The van der Waals surface area contributed by atoms with E-state index in [1.165, 1.54) is 6.08 Å². The molecule has 122 valence electrons. The molecule has 1 amide bonds. The number of carbonyl (C=O) groups excluding carboxylic acids is 1. The Bertz CT molecular complexity index is 843. The van der Waals surface area contributed by atoms with Gasteiger partial charge in [-0.2, -0.15) is 5.26 Å². The number of benzene rings is 1. The number of hydrogen-bond donors (Lipinski definition) is 0. The summed E-state index contributed by atoms with van der Waals surface area (Å²) in [5.41, 5.74) is 0.725. The lowest BCUT2D eigenvalue weighted by Gasteiger charge is -2.13. The molecular formula is C18H14Cl2N2O2. The molecule has 0 spiro atoms. The van der Waals surface area contributed by atoms with Gasteiger partial charge in [0, 0.05) is 24.7 Å². The molecule has 4 nitrogen and oxygen atoms in total. The highest BCUT2D eigenvalue weighted by molar-refractivity contribution is 6.43. The second-order valence-corrected chi connectivity index (χ2v) is 6.26. The molecule has 1 aromatic heterocycles. The molecule has 0 aliphatic carbocycles. The molecule has 0 atom stereocenters. The van der Waals surface area contributed by atoms with Crippen LogP contribution >= 0.6 is 23.2 Å². The number of hydrogen-bond acceptors (Lipinski definition) is 3. The van der Waals surface area contributed by atoms with Crippen LogP contribution in [0.2, 0.25) is 10.0 Å². The zero-order valence-electron chi connectivity index (χ0n) is 12.8. The summed E-state index contributed by atoms with van der Waals surface area (Å²) in [6.07, 6.45) is 3.41. The first-order chi connectivity index (χ1) is 11.6. The molecule has 1 aliphatic rings. The predicted molar refractivity (Wildman–Crippen MR) is 93.6 cm³/mol. The van der Waals surface area contributed by atoms with E-state index in [1.54, 1.807) is 35.2 Å². The zero-order valence-corrected chi connectivity index (χ0v) is 14.3. The van der Waals surface area contributed by atoms with Crippen LogP contribution in [-0.2, 0) is 4.79 Å². The molecule has 6 heteroatoms. The van der Waals surface area contributed by atoms with E-state index < -0.39 is 0 Å². The highest BCUT2D eigenvalue weighted by atomic mass is 35.5. The van der Waals surface area contributed by atoms with E-state index >= 15 is 0 Å². The third-order valence-electron chi connectivity index (χ3n) is 3.87. The van der Waals surface area contributed by atoms with Crippen LogP contribution in [0.4, 0.5) is 0 Å². The van der Waals surface area contributed by atoms with Crippen LogP contribution in [-0.4, -0.2) is 23.9 Å². The number of carbonyl (C=O) groups is 1. The topological polar surface area (TPSA) is 57.2 Å². The quantitative estimate of drug-likeness (QED) is 0.584. The van der Waals surface area contributed by atoms with Crippen molar-refractivity contribution in [2.24, 2.45) is 0 Å². The molecule has 24 heavy (non-hydrogen) atoms. The Morgan fingerprint density at radius 3 is 2.67 bits per heavy atom. The lowest BCUT2D eigenvalue weighted by molar-refractivity contribution is -0.125. The van der Waals surface area contributed by atoms with E-state index in [-0.39, 0.29) is 11.5 Å². The minimum absolute atomic E-state index is 0.0648. The summed E-state index contributed by atoms with van der Waals surface area (Å²) in [5, 5.41) is 10.1. The smallest absolute Gasteiger partial charge is 0.264 e. The summed E-state index contributed by atoms with van der Waals surface area (Å²) >= 11 is 12.2. The maximum Gasteiger partial charge on any atom is 0.264 e. The average molecular weight is 361 g/mol. The number of nitrogens with zero attached hydrogens (tertiary/aromatic N) is 2. The molecule has 2 heterocycles. The number of likely N-dealkylation sites (tertiary alicyclic amines) is 1. The average Bonchev–Trinajstić information content (AvgIpc) is 3.26. The van der Waals surface area contributed by atoms with Gasteiger partial charge in [0.15, 0.2) is 0 Å². The van der Waals surface area contributed by atoms with Gasteiger partial charge in [-0.1, -0.05) is 29.3 Å². The first-order valence-electron chi connectivity index (χ1n) is 7.55. The minimum atomic E-state index is -0.256. The SMILES string of the molecule is N#CC(=Cc1ccc(-c2cccc(Cl)c2Cl)o1)C(=O)N1CCCC1.